The van der Waals surface area contributed by atoms with Crippen LogP contribution < -0.4 is 0 Å². The third-order valence-electron chi connectivity index (χ3n) is 6.89. The molecule has 2 saturated heterocycles. The van der Waals surface area contributed by atoms with Crippen LogP contribution in [0.2, 0.25) is 0 Å². The van der Waals surface area contributed by atoms with Gasteiger partial charge in [-0.15, -0.1) is 0 Å². The van der Waals surface area contributed by atoms with E-state index in [0.717, 1.165) is 50.9 Å². The number of rotatable bonds is 6. The van der Waals surface area contributed by atoms with E-state index in [4.69, 9.17) is 4.74 Å². The van der Waals surface area contributed by atoms with E-state index in [1.807, 2.05) is 0 Å². The molecule has 0 N–H and O–H groups in total. The molecule has 2 aliphatic heterocycles. The zero-order chi connectivity index (χ0) is 20.2. The Morgan fingerprint density at radius 1 is 1.03 bits per heavy atom. The second kappa shape index (κ2) is 9.52. The van der Waals surface area contributed by atoms with Crippen LogP contribution in [0.4, 0.5) is 8.78 Å². The van der Waals surface area contributed by atoms with Gasteiger partial charge in [-0.05, 0) is 69.7 Å². The summed E-state index contributed by atoms with van der Waals surface area (Å²) in [5.74, 6) is -2.05. The van der Waals surface area contributed by atoms with E-state index in [0.29, 0.717) is 25.6 Å². The SMILES string of the molecule is O=C(c1cccc(F)c1F)N(CC1CCN(C2CCCC2)CC1)C[C@@H]1CCCO1. The van der Waals surface area contributed by atoms with Crippen molar-refractivity contribution in [3.8, 4) is 0 Å². The lowest BCUT2D eigenvalue weighted by molar-refractivity contribution is 0.0425. The number of amides is 1. The molecule has 160 valence electrons. The van der Waals surface area contributed by atoms with E-state index in [1.54, 1.807) is 4.90 Å². The average Bonchev–Trinajstić information content (AvgIpc) is 3.44. The van der Waals surface area contributed by atoms with Crippen molar-refractivity contribution in [2.45, 2.75) is 63.5 Å². The van der Waals surface area contributed by atoms with Crippen molar-refractivity contribution < 1.29 is 18.3 Å². The molecule has 0 aromatic heterocycles. The van der Waals surface area contributed by atoms with E-state index in [9.17, 15) is 13.6 Å². The maximum Gasteiger partial charge on any atom is 0.257 e. The van der Waals surface area contributed by atoms with E-state index < -0.39 is 17.5 Å². The van der Waals surface area contributed by atoms with Crippen LogP contribution >= 0.6 is 0 Å². The van der Waals surface area contributed by atoms with Crippen molar-refractivity contribution in [3.05, 3.63) is 35.4 Å². The Morgan fingerprint density at radius 2 is 1.79 bits per heavy atom. The lowest BCUT2D eigenvalue weighted by Crippen LogP contribution is -2.45. The topological polar surface area (TPSA) is 32.8 Å². The lowest BCUT2D eigenvalue weighted by atomic mass is 9.94. The van der Waals surface area contributed by atoms with Gasteiger partial charge >= 0.3 is 0 Å². The minimum Gasteiger partial charge on any atom is -0.376 e. The number of nitrogens with zero attached hydrogens (tertiary/aromatic N) is 2. The summed E-state index contributed by atoms with van der Waals surface area (Å²) in [5.41, 5.74) is -0.175. The molecule has 4 nitrogen and oxygen atoms in total. The molecule has 1 aromatic rings. The Morgan fingerprint density at radius 3 is 2.48 bits per heavy atom. The minimum absolute atomic E-state index is 0.00542. The molecule has 0 unspecified atom stereocenters. The number of halogens is 2. The van der Waals surface area contributed by atoms with Crippen molar-refractivity contribution in [2.75, 3.05) is 32.8 Å². The summed E-state index contributed by atoms with van der Waals surface area (Å²) < 4.78 is 33.7. The van der Waals surface area contributed by atoms with Crippen LogP contribution in [0.1, 0.15) is 61.7 Å². The fourth-order valence-corrected chi connectivity index (χ4v) is 5.20. The fourth-order valence-electron chi connectivity index (χ4n) is 5.20. The minimum atomic E-state index is -1.05. The highest BCUT2D eigenvalue weighted by Crippen LogP contribution is 2.29. The van der Waals surface area contributed by atoms with Crippen molar-refractivity contribution in [1.29, 1.82) is 0 Å². The zero-order valence-corrected chi connectivity index (χ0v) is 17.1. The summed E-state index contributed by atoms with van der Waals surface area (Å²) >= 11 is 0. The first kappa shape index (κ1) is 20.7. The Hall–Kier alpha value is -1.53. The molecule has 1 aromatic carbocycles. The quantitative estimate of drug-likeness (QED) is 0.708. The molecule has 0 radical (unpaired) electrons. The Bertz CT molecular complexity index is 694. The van der Waals surface area contributed by atoms with E-state index in [1.165, 1.54) is 37.8 Å². The zero-order valence-electron chi connectivity index (χ0n) is 17.1. The maximum absolute atomic E-state index is 14.3. The van der Waals surface area contributed by atoms with Gasteiger partial charge < -0.3 is 14.5 Å². The molecule has 0 bridgehead atoms. The van der Waals surface area contributed by atoms with Gasteiger partial charge in [0, 0.05) is 25.7 Å². The van der Waals surface area contributed by atoms with Crippen LogP contribution in [0.5, 0.6) is 0 Å². The number of ether oxygens (including phenoxy) is 1. The normalized spacial score (nSPS) is 24.3. The highest BCUT2D eigenvalue weighted by molar-refractivity contribution is 5.94. The molecular weight excluding hydrogens is 374 g/mol. The molecular formula is C23H32F2N2O2. The standard InChI is InChI=1S/C23H32F2N2O2/c24-21-9-3-8-20(22(21)25)23(28)27(16-19-7-4-14-29-19)15-17-10-12-26(13-11-17)18-5-1-2-6-18/h3,8-9,17-19H,1-2,4-7,10-16H2/t19-/m0/s1. The van der Waals surface area contributed by atoms with Crippen LogP contribution in [0.3, 0.4) is 0 Å². The van der Waals surface area contributed by atoms with Crippen molar-refractivity contribution >= 4 is 5.91 Å². The first-order chi connectivity index (χ1) is 14.1. The number of piperidine rings is 1. The van der Waals surface area contributed by atoms with Gasteiger partial charge in [-0.3, -0.25) is 4.79 Å². The molecule has 3 fully saturated rings. The first-order valence-corrected chi connectivity index (χ1v) is 11.2. The van der Waals surface area contributed by atoms with Gasteiger partial charge in [-0.2, -0.15) is 0 Å². The maximum atomic E-state index is 14.3. The predicted octanol–water partition coefficient (Wildman–Crippen LogP) is 4.24. The highest BCUT2D eigenvalue weighted by atomic mass is 19.2. The van der Waals surface area contributed by atoms with Crippen molar-refractivity contribution in [1.82, 2.24) is 9.80 Å². The highest BCUT2D eigenvalue weighted by Gasteiger charge is 2.31. The molecule has 0 spiro atoms. The number of likely N-dealkylation sites (tertiary alicyclic amines) is 1. The van der Waals surface area contributed by atoms with Gasteiger partial charge in [0.05, 0.1) is 11.7 Å². The number of carbonyl (C=O) groups excluding carboxylic acids is 1. The van der Waals surface area contributed by atoms with Crippen LogP contribution in [0.15, 0.2) is 18.2 Å². The second-order valence-electron chi connectivity index (χ2n) is 8.86. The third kappa shape index (κ3) is 4.97. The summed E-state index contributed by atoms with van der Waals surface area (Å²) in [6.45, 7) is 3.91. The van der Waals surface area contributed by atoms with Crippen molar-refractivity contribution in [3.63, 3.8) is 0 Å². The molecule has 1 aliphatic carbocycles. The lowest BCUT2D eigenvalue weighted by Gasteiger charge is -2.38. The van der Waals surface area contributed by atoms with Crippen LogP contribution in [0, 0.1) is 17.6 Å². The largest absolute Gasteiger partial charge is 0.376 e. The van der Waals surface area contributed by atoms with E-state index in [-0.39, 0.29) is 11.7 Å². The summed E-state index contributed by atoms with van der Waals surface area (Å²) in [6.07, 6.45) is 9.31. The monoisotopic (exact) mass is 406 g/mol. The van der Waals surface area contributed by atoms with Gasteiger partial charge in [0.25, 0.3) is 5.91 Å². The van der Waals surface area contributed by atoms with Gasteiger partial charge in [0.1, 0.15) is 0 Å². The molecule has 3 aliphatic rings. The van der Waals surface area contributed by atoms with Gasteiger partial charge in [0.2, 0.25) is 0 Å². The molecule has 29 heavy (non-hydrogen) atoms. The van der Waals surface area contributed by atoms with Crippen LogP contribution in [0.25, 0.3) is 0 Å². The second-order valence-corrected chi connectivity index (χ2v) is 8.86. The van der Waals surface area contributed by atoms with Crippen molar-refractivity contribution in [2.24, 2.45) is 5.92 Å². The average molecular weight is 407 g/mol. The number of hydrogen-bond donors (Lipinski definition) is 0. The molecule has 4 rings (SSSR count). The Labute approximate surface area is 172 Å². The Kier molecular flexibility index (Phi) is 6.81. The van der Waals surface area contributed by atoms with Gasteiger partial charge in [-0.25, -0.2) is 8.78 Å². The van der Waals surface area contributed by atoms with E-state index >= 15 is 0 Å². The summed E-state index contributed by atoms with van der Waals surface area (Å²) in [4.78, 5) is 17.4. The van der Waals surface area contributed by atoms with Gasteiger partial charge in [0.15, 0.2) is 11.6 Å². The smallest absolute Gasteiger partial charge is 0.257 e. The van der Waals surface area contributed by atoms with E-state index in [2.05, 4.69) is 4.90 Å². The number of carbonyl (C=O) groups is 1. The summed E-state index contributed by atoms with van der Waals surface area (Å²) in [6, 6.07) is 4.57. The van der Waals surface area contributed by atoms with Crippen LogP contribution in [-0.2, 0) is 4.74 Å². The number of hydrogen-bond acceptors (Lipinski definition) is 3. The first-order valence-electron chi connectivity index (χ1n) is 11.2. The Balaban J connectivity index is 1.41. The third-order valence-corrected chi connectivity index (χ3v) is 6.89. The molecule has 1 saturated carbocycles. The van der Waals surface area contributed by atoms with Crippen LogP contribution in [-0.4, -0.2) is 60.6 Å². The predicted molar refractivity (Wildman–Crippen MR) is 108 cm³/mol. The molecule has 1 atom stereocenters. The fraction of sp³-hybridized carbons (Fsp3) is 0.696. The molecule has 2 heterocycles. The molecule has 6 heteroatoms. The molecule has 1 amide bonds. The summed E-state index contributed by atoms with van der Waals surface area (Å²) in [5, 5.41) is 0. The summed E-state index contributed by atoms with van der Waals surface area (Å²) in [7, 11) is 0. The van der Waals surface area contributed by atoms with Gasteiger partial charge in [-0.1, -0.05) is 18.9 Å². The number of benzene rings is 1.